The molecule has 2 rings (SSSR count). The summed E-state index contributed by atoms with van der Waals surface area (Å²) >= 11 is 5.84. The summed E-state index contributed by atoms with van der Waals surface area (Å²) in [4.78, 5) is 22.3. The predicted octanol–water partition coefficient (Wildman–Crippen LogP) is 3.39. The Morgan fingerprint density at radius 2 is 2.05 bits per heavy atom. The van der Waals surface area contributed by atoms with Crippen LogP contribution < -0.4 is 11.1 Å². The number of rotatable bonds is 3. The lowest BCUT2D eigenvalue weighted by molar-refractivity contribution is -0.384. The van der Waals surface area contributed by atoms with Gasteiger partial charge in [-0.05, 0) is 36.8 Å². The highest BCUT2D eigenvalue weighted by Crippen LogP contribution is 2.30. The molecule has 108 valence electrons. The van der Waals surface area contributed by atoms with Crippen LogP contribution in [-0.4, -0.2) is 10.8 Å². The van der Waals surface area contributed by atoms with Gasteiger partial charge in [0.2, 0.25) is 0 Å². The maximum absolute atomic E-state index is 12.1. The molecule has 2 aromatic rings. The van der Waals surface area contributed by atoms with Crippen LogP contribution in [0.25, 0.3) is 0 Å². The molecule has 6 nitrogen and oxygen atoms in total. The molecule has 0 unspecified atom stereocenters. The number of benzene rings is 2. The van der Waals surface area contributed by atoms with E-state index in [9.17, 15) is 14.9 Å². The molecule has 0 heterocycles. The minimum atomic E-state index is -0.571. The maximum atomic E-state index is 12.1. The van der Waals surface area contributed by atoms with Gasteiger partial charge in [-0.25, -0.2) is 0 Å². The van der Waals surface area contributed by atoms with Gasteiger partial charge in [-0.3, -0.25) is 14.9 Å². The van der Waals surface area contributed by atoms with E-state index in [0.717, 1.165) is 0 Å². The fraction of sp³-hybridized carbons (Fsp3) is 0.0714. The Labute approximate surface area is 125 Å². The van der Waals surface area contributed by atoms with Crippen LogP contribution in [0.3, 0.4) is 0 Å². The van der Waals surface area contributed by atoms with Crippen molar-refractivity contribution in [1.82, 2.24) is 0 Å². The van der Waals surface area contributed by atoms with E-state index in [1.807, 2.05) is 0 Å². The quantitative estimate of drug-likeness (QED) is 0.516. The van der Waals surface area contributed by atoms with E-state index in [2.05, 4.69) is 5.32 Å². The number of nitrogen functional groups attached to an aromatic ring is 1. The smallest absolute Gasteiger partial charge is 0.288 e. The summed E-state index contributed by atoms with van der Waals surface area (Å²) in [5.74, 6) is -0.365. The normalized spacial score (nSPS) is 10.2. The second-order valence-corrected chi connectivity index (χ2v) is 4.86. The highest BCUT2D eigenvalue weighted by atomic mass is 35.5. The first-order chi connectivity index (χ1) is 9.88. The van der Waals surface area contributed by atoms with Crippen LogP contribution >= 0.6 is 11.6 Å². The topological polar surface area (TPSA) is 98.3 Å². The summed E-state index contributed by atoms with van der Waals surface area (Å²) in [6, 6.07) is 9.17. The van der Waals surface area contributed by atoms with E-state index in [4.69, 9.17) is 17.3 Å². The van der Waals surface area contributed by atoms with Gasteiger partial charge in [0.25, 0.3) is 11.6 Å². The zero-order valence-corrected chi connectivity index (χ0v) is 11.8. The average molecular weight is 306 g/mol. The highest BCUT2D eigenvalue weighted by Gasteiger charge is 2.16. The minimum Gasteiger partial charge on any atom is -0.399 e. The largest absolute Gasteiger partial charge is 0.399 e. The van der Waals surface area contributed by atoms with E-state index in [1.165, 1.54) is 18.2 Å². The van der Waals surface area contributed by atoms with Gasteiger partial charge in [-0.1, -0.05) is 17.7 Å². The Hall–Kier alpha value is -2.60. The summed E-state index contributed by atoms with van der Waals surface area (Å²) in [6.07, 6.45) is 0. The Morgan fingerprint density at radius 1 is 1.33 bits per heavy atom. The van der Waals surface area contributed by atoms with Gasteiger partial charge in [-0.2, -0.15) is 0 Å². The number of anilines is 2. The molecule has 0 bridgehead atoms. The van der Waals surface area contributed by atoms with Crippen molar-refractivity contribution in [1.29, 1.82) is 0 Å². The lowest BCUT2D eigenvalue weighted by atomic mass is 10.1. The molecule has 21 heavy (non-hydrogen) atoms. The van der Waals surface area contributed by atoms with Gasteiger partial charge in [0.15, 0.2) is 0 Å². The maximum Gasteiger partial charge on any atom is 0.288 e. The van der Waals surface area contributed by atoms with Crippen molar-refractivity contribution in [3.05, 3.63) is 62.7 Å². The molecule has 1 amide bonds. The monoisotopic (exact) mass is 305 g/mol. The van der Waals surface area contributed by atoms with Crippen molar-refractivity contribution in [3.63, 3.8) is 0 Å². The van der Waals surface area contributed by atoms with E-state index < -0.39 is 4.92 Å². The van der Waals surface area contributed by atoms with E-state index in [1.54, 1.807) is 25.1 Å². The van der Waals surface area contributed by atoms with Crippen molar-refractivity contribution in [2.45, 2.75) is 6.92 Å². The molecular formula is C14H12ClN3O3. The van der Waals surface area contributed by atoms with Gasteiger partial charge in [0.05, 0.1) is 4.92 Å². The first kappa shape index (κ1) is 14.8. The predicted molar refractivity (Wildman–Crippen MR) is 81.7 cm³/mol. The number of halogens is 1. The Kier molecular flexibility index (Phi) is 4.09. The average Bonchev–Trinajstić information content (AvgIpc) is 2.42. The second-order valence-electron chi connectivity index (χ2n) is 4.46. The summed E-state index contributed by atoms with van der Waals surface area (Å²) in [5, 5.41) is 13.4. The molecule has 7 heteroatoms. The molecule has 0 aromatic heterocycles. The number of hydrogen-bond acceptors (Lipinski definition) is 4. The Balaban J connectivity index is 2.30. The Morgan fingerprint density at radius 3 is 2.67 bits per heavy atom. The zero-order valence-electron chi connectivity index (χ0n) is 11.1. The molecule has 0 aliphatic rings. The van der Waals surface area contributed by atoms with Gasteiger partial charge in [0.1, 0.15) is 5.02 Å². The van der Waals surface area contributed by atoms with Crippen LogP contribution in [0.4, 0.5) is 17.1 Å². The SMILES string of the molecule is Cc1cc([N+](=O)[O-])c(Cl)cc1NC(=O)c1cccc(N)c1. The molecule has 0 aliphatic carbocycles. The summed E-state index contributed by atoms with van der Waals surface area (Å²) in [7, 11) is 0. The molecule has 2 aromatic carbocycles. The summed E-state index contributed by atoms with van der Waals surface area (Å²) in [5.41, 5.74) is 7.25. The molecule has 0 saturated carbocycles. The molecule has 0 saturated heterocycles. The van der Waals surface area contributed by atoms with Gasteiger partial charge in [0, 0.05) is 23.0 Å². The third-order valence-corrected chi connectivity index (χ3v) is 3.19. The highest BCUT2D eigenvalue weighted by molar-refractivity contribution is 6.33. The number of amides is 1. The first-order valence-corrected chi connectivity index (χ1v) is 6.37. The number of nitrogens with zero attached hydrogens (tertiary/aromatic N) is 1. The number of nitro groups is 1. The third-order valence-electron chi connectivity index (χ3n) is 2.89. The van der Waals surface area contributed by atoms with E-state index >= 15 is 0 Å². The lowest BCUT2D eigenvalue weighted by Crippen LogP contribution is -2.13. The van der Waals surface area contributed by atoms with Gasteiger partial charge in [-0.15, -0.1) is 0 Å². The number of aryl methyl sites for hydroxylation is 1. The number of carbonyl (C=O) groups is 1. The van der Waals surface area contributed by atoms with E-state index in [-0.39, 0.29) is 16.6 Å². The molecule has 3 N–H and O–H groups in total. The molecule has 0 spiro atoms. The van der Waals surface area contributed by atoms with Crippen LogP contribution in [-0.2, 0) is 0 Å². The molecule has 0 atom stereocenters. The molecule has 0 aliphatic heterocycles. The van der Waals surface area contributed by atoms with Gasteiger partial charge < -0.3 is 11.1 Å². The van der Waals surface area contributed by atoms with Crippen LogP contribution in [0.1, 0.15) is 15.9 Å². The van der Waals surface area contributed by atoms with Gasteiger partial charge >= 0.3 is 0 Å². The molecule has 0 fully saturated rings. The van der Waals surface area contributed by atoms with Crippen molar-refractivity contribution in [2.75, 3.05) is 11.1 Å². The molecule has 0 radical (unpaired) electrons. The summed E-state index contributed by atoms with van der Waals surface area (Å²) in [6.45, 7) is 1.65. The fourth-order valence-corrected chi connectivity index (χ4v) is 2.05. The zero-order chi connectivity index (χ0) is 15.6. The standard InChI is InChI=1S/C14H12ClN3O3/c1-8-5-13(18(20)21)11(15)7-12(8)17-14(19)9-3-2-4-10(16)6-9/h2-7H,16H2,1H3,(H,17,19). The van der Waals surface area contributed by atoms with Crippen molar-refractivity contribution >= 4 is 34.6 Å². The number of nitrogens with one attached hydrogen (secondary N) is 1. The molecular weight excluding hydrogens is 294 g/mol. The fourth-order valence-electron chi connectivity index (χ4n) is 1.82. The second kappa shape index (κ2) is 5.80. The lowest BCUT2D eigenvalue weighted by Gasteiger charge is -2.09. The number of carbonyl (C=O) groups excluding carboxylic acids is 1. The minimum absolute atomic E-state index is 0.0338. The first-order valence-electron chi connectivity index (χ1n) is 6.00. The van der Waals surface area contributed by atoms with Crippen LogP contribution in [0.15, 0.2) is 36.4 Å². The van der Waals surface area contributed by atoms with Crippen molar-refractivity contribution in [2.24, 2.45) is 0 Å². The van der Waals surface area contributed by atoms with Crippen molar-refractivity contribution < 1.29 is 9.72 Å². The Bertz CT molecular complexity index is 731. The van der Waals surface area contributed by atoms with E-state index in [0.29, 0.717) is 22.5 Å². The number of nitro benzene ring substituents is 1. The van der Waals surface area contributed by atoms with Crippen LogP contribution in [0.5, 0.6) is 0 Å². The number of nitrogens with two attached hydrogens (primary N) is 1. The van der Waals surface area contributed by atoms with Crippen LogP contribution in [0, 0.1) is 17.0 Å². The summed E-state index contributed by atoms with van der Waals surface area (Å²) < 4.78 is 0. The van der Waals surface area contributed by atoms with Crippen LogP contribution in [0.2, 0.25) is 5.02 Å². The van der Waals surface area contributed by atoms with Crippen molar-refractivity contribution in [3.8, 4) is 0 Å². The number of hydrogen-bond donors (Lipinski definition) is 2. The third kappa shape index (κ3) is 3.29.